The molecule has 1 unspecified atom stereocenters. The van der Waals surface area contributed by atoms with E-state index in [4.69, 9.17) is 4.74 Å². The Morgan fingerprint density at radius 2 is 2.12 bits per heavy atom. The van der Waals surface area contributed by atoms with Crippen molar-refractivity contribution in [2.24, 2.45) is 0 Å². The lowest BCUT2D eigenvalue weighted by Crippen LogP contribution is -2.48. The maximum absolute atomic E-state index is 12.5. The van der Waals surface area contributed by atoms with Crippen molar-refractivity contribution >= 4 is 21.6 Å². The first-order valence-corrected chi connectivity index (χ1v) is 9.32. The molecule has 0 radical (unpaired) electrons. The third-order valence-corrected chi connectivity index (χ3v) is 5.39. The Morgan fingerprint density at radius 1 is 1.46 bits per heavy atom. The average molecular weight is 356 g/mol. The Balaban J connectivity index is 2.43. The molecule has 0 bridgehead atoms. The van der Waals surface area contributed by atoms with Crippen LogP contribution in [0.2, 0.25) is 0 Å². The van der Waals surface area contributed by atoms with E-state index >= 15 is 0 Å². The highest BCUT2D eigenvalue weighted by Crippen LogP contribution is 2.38. The van der Waals surface area contributed by atoms with Gasteiger partial charge in [0.05, 0.1) is 23.7 Å². The number of nitrogens with zero attached hydrogens (tertiary/aromatic N) is 1. The summed E-state index contributed by atoms with van der Waals surface area (Å²) in [6.07, 6.45) is 0.470. The third kappa shape index (κ3) is 3.88. The molecule has 8 heteroatoms. The Morgan fingerprint density at radius 3 is 2.67 bits per heavy atom. The van der Waals surface area contributed by atoms with Crippen LogP contribution in [0.25, 0.3) is 0 Å². The number of benzene rings is 1. The molecular weight excluding hydrogens is 332 g/mol. The molecule has 1 amide bonds. The van der Waals surface area contributed by atoms with Crippen LogP contribution in [0.5, 0.6) is 5.75 Å². The molecule has 24 heavy (non-hydrogen) atoms. The van der Waals surface area contributed by atoms with Gasteiger partial charge in [-0.05, 0) is 38.5 Å². The van der Waals surface area contributed by atoms with Crippen molar-refractivity contribution in [3.8, 4) is 5.75 Å². The number of fused-ring (bicyclic) bond motifs is 1. The smallest absolute Gasteiger partial charge is 0.240 e. The summed E-state index contributed by atoms with van der Waals surface area (Å²) in [6.45, 7) is 7.00. The molecule has 0 saturated heterocycles. The van der Waals surface area contributed by atoms with Crippen molar-refractivity contribution in [3.63, 3.8) is 0 Å². The molecule has 0 saturated carbocycles. The molecule has 0 spiro atoms. The molecule has 1 aromatic rings. The van der Waals surface area contributed by atoms with E-state index in [1.165, 1.54) is 24.0 Å². The Bertz CT molecular complexity index is 726. The number of aliphatic hydroxyl groups excluding tert-OH is 1. The molecule has 1 atom stereocenters. The molecule has 1 aliphatic rings. The summed E-state index contributed by atoms with van der Waals surface area (Å²) in [5.41, 5.74) is -0.122. The zero-order valence-electron chi connectivity index (χ0n) is 14.4. The van der Waals surface area contributed by atoms with Gasteiger partial charge in [-0.3, -0.25) is 4.79 Å². The standard InChI is InChI=1S/C16H24N2O5S/c1-5-12(9-19)17-24(21,22)13-6-7-15-14(8-13)18(11(2)20)10-16(3,4)23-15/h6-8,12,17,19H,5,9-10H2,1-4H3. The molecule has 0 aromatic heterocycles. The number of hydrogen-bond donors (Lipinski definition) is 2. The molecule has 0 aliphatic carbocycles. The van der Waals surface area contributed by atoms with Crippen LogP contribution < -0.4 is 14.4 Å². The Labute approximate surface area is 142 Å². The average Bonchev–Trinajstić information content (AvgIpc) is 2.50. The number of nitrogens with one attached hydrogen (secondary N) is 1. The zero-order valence-corrected chi connectivity index (χ0v) is 15.2. The van der Waals surface area contributed by atoms with Gasteiger partial charge in [-0.25, -0.2) is 13.1 Å². The van der Waals surface area contributed by atoms with Gasteiger partial charge in [0.1, 0.15) is 11.4 Å². The summed E-state index contributed by atoms with van der Waals surface area (Å²) >= 11 is 0. The minimum absolute atomic E-state index is 0.0303. The van der Waals surface area contributed by atoms with E-state index in [1.807, 2.05) is 13.8 Å². The van der Waals surface area contributed by atoms with E-state index in [1.54, 1.807) is 13.0 Å². The second kappa shape index (κ2) is 6.70. The van der Waals surface area contributed by atoms with Crippen molar-refractivity contribution in [3.05, 3.63) is 18.2 Å². The van der Waals surface area contributed by atoms with Gasteiger partial charge >= 0.3 is 0 Å². The monoisotopic (exact) mass is 356 g/mol. The lowest BCUT2D eigenvalue weighted by atomic mass is 10.1. The molecule has 7 nitrogen and oxygen atoms in total. The first-order valence-electron chi connectivity index (χ1n) is 7.84. The molecule has 134 valence electrons. The number of hydrogen-bond acceptors (Lipinski definition) is 5. The van der Waals surface area contributed by atoms with Gasteiger partial charge in [0.15, 0.2) is 0 Å². The third-order valence-electron chi connectivity index (χ3n) is 3.87. The Hall–Kier alpha value is -1.64. The van der Waals surface area contributed by atoms with Crippen LogP contribution in [0.3, 0.4) is 0 Å². The van der Waals surface area contributed by atoms with Crippen LogP contribution in [-0.4, -0.2) is 44.2 Å². The number of carbonyl (C=O) groups excluding carboxylic acids is 1. The van der Waals surface area contributed by atoms with Crippen LogP contribution in [0.4, 0.5) is 5.69 Å². The fraction of sp³-hybridized carbons (Fsp3) is 0.562. The summed E-state index contributed by atoms with van der Waals surface area (Å²) < 4.78 is 33.3. The van der Waals surface area contributed by atoms with Crippen LogP contribution in [-0.2, 0) is 14.8 Å². The lowest BCUT2D eigenvalue weighted by Gasteiger charge is -2.39. The van der Waals surface area contributed by atoms with Crippen molar-refractivity contribution in [1.29, 1.82) is 0 Å². The first kappa shape index (κ1) is 18.7. The molecule has 1 aromatic carbocycles. The second-order valence-electron chi connectivity index (χ2n) is 6.51. The van der Waals surface area contributed by atoms with Gasteiger partial charge in [0.25, 0.3) is 0 Å². The topological polar surface area (TPSA) is 95.9 Å². The van der Waals surface area contributed by atoms with E-state index < -0.39 is 21.7 Å². The van der Waals surface area contributed by atoms with E-state index in [0.29, 0.717) is 24.4 Å². The van der Waals surface area contributed by atoms with Gasteiger partial charge in [0.2, 0.25) is 15.9 Å². The van der Waals surface area contributed by atoms with E-state index in [2.05, 4.69) is 4.72 Å². The van der Waals surface area contributed by atoms with Gasteiger partial charge in [-0.2, -0.15) is 0 Å². The van der Waals surface area contributed by atoms with Crippen LogP contribution in [0.15, 0.2) is 23.1 Å². The number of aliphatic hydroxyl groups is 1. The maximum Gasteiger partial charge on any atom is 0.240 e. The number of ether oxygens (including phenoxy) is 1. The van der Waals surface area contributed by atoms with Gasteiger partial charge in [0, 0.05) is 13.0 Å². The van der Waals surface area contributed by atoms with E-state index in [9.17, 15) is 18.3 Å². The molecule has 1 heterocycles. The van der Waals surface area contributed by atoms with Crippen LogP contribution in [0, 0.1) is 0 Å². The van der Waals surface area contributed by atoms with E-state index in [-0.39, 0.29) is 17.4 Å². The van der Waals surface area contributed by atoms with Crippen molar-refractivity contribution in [2.75, 3.05) is 18.1 Å². The molecule has 2 N–H and O–H groups in total. The summed E-state index contributed by atoms with van der Waals surface area (Å²) in [5.74, 6) is 0.284. The second-order valence-corrected chi connectivity index (χ2v) is 8.22. The lowest BCUT2D eigenvalue weighted by molar-refractivity contribution is -0.117. The Kier molecular flexibility index (Phi) is 5.22. The number of carbonyl (C=O) groups is 1. The van der Waals surface area contributed by atoms with Crippen LogP contribution >= 0.6 is 0 Å². The molecule has 1 aliphatic heterocycles. The summed E-state index contributed by atoms with van der Waals surface area (Å²) in [4.78, 5) is 13.5. The summed E-state index contributed by atoms with van der Waals surface area (Å²) in [5, 5.41) is 9.20. The van der Waals surface area contributed by atoms with Gasteiger partial charge in [-0.1, -0.05) is 6.92 Å². The zero-order chi connectivity index (χ0) is 18.1. The predicted molar refractivity (Wildman–Crippen MR) is 90.7 cm³/mol. The summed E-state index contributed by atoms with van der Waals surface area (Å²) in [6, 6.07) is 3.87. The molecular formula is C16H24N2O5S. The number of amides is 1. The maximum atomic E-state index is 12.5. The highest BCUT2D eigenvalue weighted by Gasteiger charge is 2.34. The fourth-order valence-electron chi connectivity index (χ4n) is 2.58. The van der Waals surface area contributed by atoms with E-state index in [0.717, 1.165) is 0 Å². The first-order chi connectivity index (χ1) is 11.1. The summed E-state index contributed by atoms with van der Waals surface area (Å²) in [7, 11) is -3.80. The van der Waals surface area contributed by atoms with Gasteiger partial charge in [-0.15, -0.1) is 0 Å². The quantitative estimate of drug-likeness (QED) is 0.828. The highest BCUT2D eigenvalue weighted by atomic mass is 32.2. The number of rotatable bonds is 5. The molecule has 2 rings (SSSR count). The SMILES string of the molecule is CCC(CO)NS(=O)(=O)c1ccc2c(c1)N(C(C)=O)CC(C)(C)O2. The molecule has 0 fully saturated rings. The minimum atomic E-state index is -3.80. The van der Waals surface area contributed by atoms with Crippen molar-refractivity contribution < 1.29 is 23.1 Å². The van der Waals surface area contributed by atoms with Crippen LogP contribution in [0.1, 0.15) is 34.1 Å². The number of sulfonamides is 1. The number of anilines is 1. The van der Waals surface area contributed by atoms with Crippen molar-refractivity contribution in [2.45, 2.75) is 50.7 Å². The van der Waals surface area contributed by atoms with Crippen molar-refractivity contribution in [1.82, 2.24) is 4.72 Å². The highest BCUT2D eigenvalue weighted by molar-refractivity contribution is 7.89. The van der Waals surface area contributed by atoms with Gasteiger partial charge < -0.3 is 14.7 Å². The normalized spacial score (nSPS) is 17.8. The fourth-order valence-corrected chi connectivity index (χ4v) is 3.91. The minimum Gasteiger partial charge on any atom is -0.484 e. The largest absolute Gasteiger partial charge is 0.484 e. The predicted octanol–water partition coefficient (Wildman–Crippen LogP) is 1.26.